The van der Waals surface area contributed by atoms with Gasteiger partial charge in [-0.05, 0) is 87.5 Å². The summed E-state index contributed by atoms with van der Waals surface area (Å²) in [4.78, 5) is 0. The summed E-state index contributed by atoms with van der Waals surface area (Å²) in [7, 11) is 0. The van der Waals surface area contributed by atoms with Gasteiger partial charge in [0.2, 0.25) is 0 Å². The quantitative estimate of drug-likeness (QED) is 0.206. The molecule has 0 radical (unpaired) electrons. The Morgan fingerprint density at radius 3 is 1.83 bits per heavy atom. The van der Waals surface area contributed by atoms with Gasteiger partial charge in [-0.15, -0.1) is 0 Å². The maximum atomic E-state index is 9.81. The molecule has 0 saturated heterocycles. The molecule has 7 aromatic carbocycles. The molecule has 0 aliphatic rings. The van der Waals surface area contributed by atoms with Gasteiger partial charge in [0.15, 0.2) is 0 Å². The summed E-state index contributed by atoms with van der Waals surface area (Å²) in [6, 6.07) is 54.4. The van der Waals surface area contributed by atoms with Gasteiger partial charge in [0, 0.05) is 27.1 Å². The normalized spacial score (nSPS) is 11.5. The molecule has 214 valence electrons. The Balaban J connectivity index is 1.32. The van der Waals surface area contributed by atoms with Gasteiger partial charge in [-0.2, -0.15) is 5.26 Å². The molecule has 0 aliphatic carbocycles. The molecule has 0 aliphatic heterocycles. The maximum absolute atomic E-state index is 9.81. The lowest BCUT2D eigenvalue weighted by atomic mass is 9.90. The van der Waals surface area contributed by atoms with Gasteiger partial charge in [-0.3, -0.25) is 0 Å². The first-order chi connectivity index (χ1) is 22.7. The van der Waals surface area contributed by atoms with Crippen molar-refractivity contribution < 1.29 is 8.83 Å². The van der Waals surface area contributed by atoms with Crippen LogP contribution in [0.15, 0.2) is 160 Å². The van der Waals surface area contributed by atoms with Gasteiger partial charge >= 0.3 is 0 Å². The van der Waals surface area contributed by atoms with Crippen LogP contribution in [-0.4, -0.2) is 0 Å². The van der Waals surface area contributed by atoms with Crippen LogP contribution in [0.1, 0.15) is 5.56 Å². The second kappa shape index (κ2) is 10.4. The minimum absolute atomic E-state index is 0.657. The maximum Gasteiger partial charge on any atom is 0.143 e. The van der Waals surface area contributed by atoms with Gasteiger partial charge in [0.25, 0.3) is 0 Å². The van der Waals surface area contributed by atoms with Crippen molar-refractivity contribution in [1.82, 2.24) is 0 Å². The van der Waals surface area contributed by atoms with Crippen molar-refractivity contribution in [1.29, 1.82) is 5.26 Å². The zero-order valence-corrected chi connectivity index (χ0v) is 24.7. The summed E-state index contributed by atoms with van der Waals surface area (Å²) >= 11 is 0. The third kappa shape index (κ3) is 4.13. The van der Waals surface area contributed by atoms with Gasteiger partial charge in [-0.25, -0.2) is 0 Å². The van der Waals surface area contributed by atoms with Crippen LogP contribution in [0.3, 0.4) is 0 Å². The van der Waals surface area contributed by atoms with Crippen LogP contribution in [-0.2, 0) is 0 Å². The number of benzene rings is 7. The van der Waals surface area contributed by atoms with E-state index >= 15 is 0 Å². The molecule has 9 aromatic rings. The SMILES string of the molecule is N#Cc1ccccc1-c1cccc(-c2cc(-c3cccc4c3oc3ccccc34)cc(-c3cccc4oc5ccccc5c34)c2)c1. The summed E-state index contributed by atoms with van der Waals surface area (Å²) < 4.78 is 12.8. The lowest BCUT2D eigenvalue weighted by molar-refractivity contribution is 0.669. The van der Waals surface area contributed by atoms with Crippen LogP contribution in [0.4, 0.5) is 0 Å². The molecule has 3 nitrogen and oxygen atoms in total. The van der Waals surface area contributed by atoms with Crippen molar-refractivity contribution in [3.63, 3.8) is 0 Å². The molecule has 0 atom stereocenters. The van der Waals surface area contributed by atoms with Crippen LogP contribution >= 0.6 is 0 Å². The van der Waals surface area contributed by atoms with E-state index in [1.54, 1.807) is 0 Å². The Morgan fingerprint density at radius 2 is 0.957 bits per heavy atom. The average molecular weight is 588 g/mol. The van der Waals surface area contributed by atoms with Crippen LogP contribution in [0, 0.1) is 11.3 Å². The molecular weight excluding hydrogens is 562 g/mol. The summed E-state index contributed by atoms with van der Waals surface area (Å²) in [5.74, 6) is 0. The molecule has 3 heteroatoms. The Hall–Kier alpha value is -6.37. The zero-order valence-electron chi connectivity index (χ0n) is 24.7. The van der Waals surface area contributed by atoms with Gasteiger partial charge in [-0.1, -0.05) is 103 Å². The Bertz CT molecular complexity index is 2670. The highest BCUT2D eigenvalue weighted by molar-refractivity contribution is 6.13. The first-order valence-corrected chi connectivity index (χ1v) is 15.3. The molecule has 0 saturated carbocycles. The predicted molar refractivity (Wildman–Crippen MR) is 187 cm³/mol. The summed E-state index contributed by atoms with van der Waals surface area (Å²) in [6.07, 6.45) is 0. The number of nitriles is 1. The van der Waals surface area contributed by atoms with Crippen LogP contribution < -0.4 is 0 Å². The van der Waals surface area contributed by atoms with Crippen LogP contribution in [0.5, 0.6) is 0 Å². The van der Waals surface area contributed by atoms with E-state index in [2.05, 4.69) is 103 Å². The monoisotopic (exact) mass is 587 g/mol. The summed E-state index contributed by atoms with van der Waals surface area (Å²) in [5.41, 5.74) is 12.5. The van der Waals surface area contributed by atoms with Crippen molar-refractivity contribution in [2.45, 2.75) is 0 Å². The van der Waals surface area contributed by atoms with Crippen molar-refractivity contribution in [2.24, 2.45) is 0 Å². The first kappa shape index (κ1) is 26.1. The predicted octanol–water partition coefficient (Wildman–Crippen LogP) is 12.0. The fraction of sp³-hybridized carbons (Fsp3) is 0. The smallest absolute Gasteiger partial charge is 0.143 e. The molecule has 0 amide bonds. The number of nitrogens with zero attached hydrogens (tertiary/aromatic N) is 1. The fourth-order valence-corrected chi connectivity index (χ4v) is 6.79. The molecule has 0 fully saturated rings. The van der Waals surface area contributed by atoms with E-state index in [-0.39, 0.29) is 0 Å². The van der Waals surface area contributed by atoms with Gasteiger partial charge in [0.05, 0.1) is 11.6 Å². The third-order valence-corrected chi connectivity index (χ3v) is 8.92. The molecular formula is C43H25NO2. The van der Waals surface area contributed by atoms with Crippen LogP contribution in [0.25, 0.3) is 88.4 Å². The highest BCUT2D eigenvalue weighted by atomic mass is 16.3. The molecule has 0 bridgehead atoms. The second-order valence-corrected chi connectivity index (χ2v) is 11.6. The third-order valence-electron chi connectivity index (χ3n) is 8.92. The largest absolute Gasteiger partial charge is 0.456 e. The lowest BCUT2D eigenvalue weighted by Gasteiger charge is -2.13. The summed E-state index contributed by atoms with van der Waals surface area (Å²) in [5, 5.41) is 14.2. The van der Waals surface area contributed by atoms with E-state index in [1.807, 2.05) is 54.6 Å². The number of hydrogen-bond donors (Lipinski definition) is 0. The molecule has 0 spiro atoms. The van der Waals surface area contributed by atoms with E-state index in [4.69, 9.17) is 8.83 Å². The van der Waals surface area contributed by atoms with Crippen molar-refractivity contribution in [2.75, 3.05) is 0 Å². The zero-order chi connectivity index (χ0) is 30.6. The number of furan rings is 2. The van der Waals surface area contributed by atoms with E-state index in [1.165, 1.54) is 0 Å². The molecule has 46 heavy (non-hydrogen) atoms. The Labute approximate surface area is 265 Å². The lowest BCUT2D eigenvalue weighted by Crippen LogP contribution is -1.89. The Morgan fingerprint density at radius 1 is 0.391 bits per heavy atom. The van der Waals surface area contributed by atoms with Crippen molar-refractivity contribution >= 4 is 43.9 Å². The highest BCUT2D eigenvalue weighted by Gasteiger charge is 2.17. The van der Waals surface area contributed by atoms with Crippen LogP contribution in [0.2, 0.25) is 0 Å². The molecule has 2 heterocycles. The van der Waals surface area contributed by atoms with Crippen molar-refractivity contribution in [3.05, 3.63) is 157 Å². The average Bonchev–Trinajstić information content (AvgIpc) is 3.70. The van der Waals surface area contributed by atoms with Gasteiger partial charge in [0.1, 0.15) is 22.3 Å². The number of fused-ring (bicyclic) bond motifs is 6. The standard InChI is InChI=1S/C43H25NO2/c44-26-29-10-1-2-13-33(29)28-12-7-11-27(22-28)30-23-31(34-16-9-21-41-42(34)38-15-4-6-20-40(38)45-41)25-32(24-30)35-17-8-18-37-36-14-3-5-19-39(36)46-43(35)37/h1-25H. The highest BCUT2D eigenvalue weighted by Crippen LogP contribution is 2.42. The van der Waals surface area contributed by atoms with E-state index in [0.29, 0.717) is 5.56 Å². The number of hydrogen-bond acceptors (Lipinski definition) is 3. The minimum atomic E-state index is 0.657. The Kier molecular flexibility index (Phi) is 5.88. The summed E-state index contributed by atoms with van der Waals surface area (Å²) in [6.45, 7) is 0. The second-order valence-electron chi connectivity index (χ2n) is 11.6. The first-order valence-electron chi connectivity index (χ1n) is 15.3. The van der Waals surface area contributed by atoms with E-state index < -0.39 is 0 Å². The fourth-order valence-electron chi connectivity index (χ4n) is 6.79. The topological polar surface area (TPSA) is 50.1 Å². The van der Waals surface area contributed by atoms with Gasteiger partial charge < -0.3 is 8.83 Å². The van der Waals surface area contributed by atoms with E-state index in [0.717, 1.165) is 88.4 Å². The number of rotatable bonds is 4. The van der Waals surface area contributed by atoms with Crippen molar-refractivity contribution in [3.8, 4) is 50.6 Å². The molecule has 0 unspecified atom stereocenters. The molecule has 2 aromatic heterocycles. The van der Waals surface area contributed by atoms with E-state index in [9.17, 15) is 5.26 Å². The number of para-hydroxylation sites is 3. The molecule has 9 rings (SSSR count). The molecule has 0 N–H and O–H groups in total. The minimum Gasteiger partial charge on any atom is -0.456 e.